The van der Waals surface area contributed by atoms with Crippen LogP contribution in [0.15, 0.2) is 18.2 Å². The zero-order valence-corrected chi connectivity index (χ0v) is 9.24. The number of hydrogen-bond acceptors (Lipinski definition) is 4. The highest BCUT2D eigenvalue weighted by Crippen LogP contribution is 2.24. The first kappa shape index (κ1) is 12.0. The van der Waals surface area contributed by atoms with E-state index in [1.807, 2.05) is 0 Å². The number of hydrogen-bond donors (Lipinski definition) is 2. The lowest BCUT2D eigenvalue weighted by molar-refractivity contribution is -0.124. The van der Waals surface area contributed by atoms with Crippen LogP contribution in [0.2, 0.25) is 0 Å². The lowest BCUT2D eigenvalue weighted by Crippen LogP contribution is -2.14. The minimum Gasteiger partial charge on any atom is -0.495 e. The first-order valence-electron chi connectivity index (χ1n) is 4.75. The second kappa shape index (κ2) is 5.16. The van der Waals surface area contributed by atoms with Crippen LogP contribution in [0.3, 0.4) is 0 Å². The van der Waals surface area contributed by atoms with E-state index in [0.29, 0.717) is 17.1 Å². The molecule has 0 aromatic heterocycles. The highest BCUT2D eigenvalue weighted by Gasteiger charge is 2.07. The van der Waals surface area contributed by atoms with Crippen LogP contribution in [-0.2, 0) is 9.59 Å². The molecule has 0 atom stereocenters. The fourth-order valence-electron chi connectivity index (χ4n) is 1.22. The van der Waals surface area contributed by atoms with Gasteiger partial charge >= 0.3 is 0 Å². The Morgan fingerprint density at radius 3 is 2.69 bits per heavy atom. The molecule has 1 aromatic carbocycles. The van der Waals surface area contributed by atoms with Crippen molar-refractivity contribution in [3.05, 3.63) is 18.2 Å². The van der Waals surface area contributed by atoms with E-state index in [4.69, 9.17) is 10.5 Å². The maximum Gasteiger partial charge on any atom is 0.231 e. The number of anilines is 2. The van der Waals surface area contributed by atoms with Gasteiger partial charge in [-0.05, 0) is 19.1 Å². The number of benzene rings is 1. The SMILES string of the molecule is COc1cc(NC(=O)CC(C)=O)ccc1N. The molecule has 5 heteroatoms. The normalized spacial score (nSPS) is 9.62. The van der Waals surface area contributed by atoms with Crippen molar-refractivity contribution in [1.29, 1.82) is 0 Å². The molecule has 0 spiro atoms. The topological polar surface area (TPSA) is 81.4 Å². The van der Waals surface area contributed by atoms with Crippen LogP contribution in [0, 0.1) is 0 Å². The third-order valence-electron chi connectivity index (χ3n) is 1.93. The van der Waals surface area contributed by atoms with Crippen LogP contribution in [0.25, 0.3) is 0 Å². The summed E-state index contributed by atoms with van der Waals surface area (Å²) in [5.74, 6) is -0.0418. The fraction of sp³-hybridized carbons (Fsp3) is 0.273. The summed E-state index contributed by atoms with van der Waals surface area (Å²) >= 11 is 0. The molecule has 1 rings (SSSR count). The van der Waals surface area contributed by atoms with Gasteiger partial charge in [-0.15, -0.1) is 0 Å². The van der Waals surface area contributed by atoms with E-state index in [1.165, 1.54) is 14.0 Å². The molecule has 0 fully saturated rings. The Morgan fingerprint density at radius 2 is 2.12 bits per heavy atom. The van der Waals surface area contributed by atoms with Gasteiger partial charge < -0.3 is 15.8 Å². The molecule has 0 heterocycles. The number of carbonyl (C=O) groups excluding carboxylic acids is 2. The Balaban J connectivity index is 2.74. The second-order valence-corrected chi connectivity index (χ2v) is 3.38. The largest absolute Gasteiger partial charge is 0.495 e. The lowest BCUT2D eigenvalue weighted by Gasteiger charge is -2.08. The molecule has 0 radical (unpaired) electrons. The second-order valence-electron chi connectivity index (χ2n) is 3.38. The van der Waals surface area contributed by atoms with Crippen molar-refractivity contribution in [2.24, 2.45) is 0 Å². The fourth-order valence-corrected chi connectivity index (χ4v) is 1.22. The number of Topliss-reactive ketones (excluding diaryl/α,β-unsaturated/α-hetero) is 1. The summed E-state index contributed by atoms with van der Waals surface area (Å²) in [4.78, 5) is 22.0. The van der Waals surface area contributed by atoms with Crippen molar-refractivity contribution in [1.82, 2.24) is 0 Å². The van der Waals surface area contributed by atoms with Gasteiger partial charge in [0.05, 0.1) is 19.2 Å². The number of nitrogen functional groups attached to an aromatic ring is 1. The molecule has 0 bridgehead atoms. The van der Waals surface area contributed by atoms with Gasteiger partial charge in [-0.25, -0.2) is 0 Å². The Labute approximate surface area is 93.6 Å². The van der Waals surface area contributed by atoms with Gasteiger partial charge in [-0.1, -0.05) is 0 Å². The molecule has 86 valence electrons. The van der Waals surface area contributed by atoms with E-state index in [-0.39, 0.29) is 18.1 Å². The van der Waals surface area contributed by atoms with E-state index < -0.39 is 0 Å². The molecule has 3 N–H and O–H groups in total. The minimum absolute atomic E-state index is 0.132. The number of ether oxygens (including phenoxy) is 1. The van der Waals surface area contributed by atoms with Gasteiger partial charge in [0.1, 0.15) is 11.5 Å². The number of nitrogens with two attached hydrogens (primary N) is 1. The van der Waals surface area contributed by atoms with Crippen LogP contribution in [0.1, 0.15) is 13.3 Å². The third kappa shape index (κ3) is 3.27. The predicted molar refractivity (Wildman–Crippen MR) is 61.3 cm³/mol. The third-order valence-corrected chi connectivity index (χ3v) is 1.93. The summed E-state index contributed by atoms with van der Waals surface area (Å²) in [7, 11) is 1.49. The molecule has 0 saturated heterocycles. The first-order valence-corrected chi connectivity index (χ1v) is 4.75. The van der Waals surface area contributed by atoms with E-state index >= 15 is 0 Å². The minimum atomic E-state index is -0.348. The van der Waals surface area contributed by atoms with Crippen molar-refractivity contribution in [2.75, 3.05) is 18.2 Å². The van der Waals surface area contributed by atoms with Gasteiger partial charge in [-0.2, -0.15) is 0 Å². The Bertz CT molecular complexity index is 416. The maximum atomic E-state index is 11.3. The van der Waals surface area contributed by atoms with Crippen LogP contribution >= 0.6 is 0 Å². The quantitative estimate of drug-likeness (QED) is 0.592. The van der Waals surface area contributed by atoms with Crippen molar-refractivity contribution in [2.45, 2.75) is 13.3 Å². The molecule has 0 saturated carbocycles. The molecule has 16 heavy (non-hydrogen) atoms. The first-order chi connectivity index (χ1) is 7.52. The van der Waals surface area contributed by atoms with Gasteiger partial charge in [0.2, 0.25) is 5.91 Å². The van der Waals surface area contributed by atoms with Gasteiger partial charge in [-0.3, -0.25) is 9.59 Å². The highest BCUT2D eigenvalue weighted by molar-refractivity contribution is 6.03. The predicted octanol–water partition coefficient (Wildman–Crippen LogP) is 1.19. The van der Waals surface area contributed by atoms with Crippen molar-refractivity contribution < 1.29 is 14.3 Å². The molecule has 1 amide bonds. The highest BCUT2D eigenvalue weighted by atomic mass is 16.5. The molecule has 0 aliphatic carbocycles. The van der Waals surface area contributed by atoms with Crippen molar-refractivity contribution in [3.8, 4) is 5.75 Å². The van der Waals surface area contributed by atoms with Crippen LogP contribution in [0.5, 0.6) is 5.75 Å². The van der Waals surface area contributed by atoms with Gasteiger partial charge in [0.15, 0.2) is 0 Å². The number of carbonyl (C=O) groups is 2. The smallest absolute Gasteiger partial charge is 0.231 e. The Kier molecular flexibility index (Phi) is 3.88. The van der Waals surface area contributed by atoms with Gasteiger partial charge in [0, 0.05) is 11.8 Å². The molecule has 1 aromatic rings. The summed E-state index contributed by atoms with van der Waals surface area (Å²) in [5.41, 5.74) is 6.67. The van der Waals surface area contributed by atoms with Crippen molar-refractivity contribution >= 4 is 23.1 Å². The molecule has 0 aliphatic rings. The number of nitrogens with one attached hydrogen (secondary N) is 1. The monoisotopic (exact) mass is 222 g/mol. The summed E-state index contributed by atoms with van der Waals surface area (Å²) in [5, 5.41) is 2.58. The Morgan fingerprint density at radius 1 is 1.44 bits per heavy atom. The Hall–Kier alpha value is -2.04. The summed E-state index contributed by atoms with van der Waals surface area (Å²) in [6.07, 6.45) is -0.132. The van der Waals surface area contributed by atoms with Gasteiger partial charge in [0.25, 0.3) is 0 Å². The molecular formula is C11H14N2O3. The number of rotatable bonds is 4. The van der Waals surface area contributed by atoms with E-state index in [0.717, 1.165) is 0 Å². The summed E-state index contributed by atoms with van der Waals surface area (Å²) < 4.78 is 5.01. The molecular weight excluding hydrogens is 208 g/mol. The summed E-state index contributed by atoms with van der Waals surface area (Å²) in [6.45, 7) is 1.36. The lowest BCUT2D eigenvalue weighted by atomic mass is 10.2. The molecule has 0 aliphatic heterocycles. The standard InChI is InChI=1S/C11H14N2O3/c1-7(14)5-11(15)13-8-3-4-9(12)10(6-8)16-2/h3-4,6H,5,12H2,1-2H3,(H,13,15). The summed E-state index contributed by atoms with van der Waals surface area (Å²) in [6, 6.07) is 4.88. The van der Waals surface area contributed by atoms with Crippen LogP contribution < -0.4 is 15.8 Å². The van der Waals surface area contributed by atoms with Crippen LogP contribution in [0.4, 0.5) is 11.4 Å². The average molecular weight is 222 g/mol. The molecule has 0 unspecified atom stereocenters. The molecule has 5 nitrogen and oxygen atoms in total. The van der Waals surface area contributed by atoms with E-state index in [2.05, 4.69) is 5.32 Å². The van der Waals surface area contributed by atoms with E-state index in [1.54, 1.807) is 18.2 Å². The maximum absolute atomic E-state index is 11.3. The number of amides is 1. The zero-order valence-electron chi connectivity index (χ0n) is 9.24. The number of methoxy groups -OCH3 is 1. The average Bonchev–Trinajstić information content (AvgIpc) is 2.19. The van der Waals surface area contributed by atoms with Crippen molar-refractivity contribution in [3.63, 3.8) is 0 Å². The van der Waals surface area contributed by atoms with Crippen LogP contribution in [-0.4, -0.2) is 18.8 Å². The zero-order chi connectivity index (χ0) is 12.1. The number of ketones is 1. The van der Waals surface area contributed by atoms with E-state index in [9.17, 15) is 9.59 Å².